The van der Waals surface area contributed by atoms with Crippen molar-refractivity contribution in [2.45, 2.75) is 25.8 Å². The second-order valence-corrected chi connectivity index (χ2v) is 4.18. The van der Waals surface area contributed by atoms with Gasteiger partial charge in [-0.2, -0.15) is 0 Å². The van der Waals surface area contributed by atoms with Gasteiger partial charge in [0.15, 0.2) is 0 Å². The van der Waals surface area contributed by atoms with Gasteiger partial charge in [0.05, 0.1) is 0 Å². The van der Waals surface area contributed by atoms with Crippen LogP contribution in [-0.2, 0) is 4.79 Å². The molecule has 1 aliphatic heterocycles. The van der Waals surface area contributed by atoms with Gasteiger partial charge in [-0.3, -0.25) is 14.6 Å². The third kappa shape index (κ3) is 2.81. The van der Waals surface area contributed by atoms with E-state index in [-0.39, 0.29) is 17.9 Å². The number of hydrogen-bond acceptors (Lipinski definition) is 3. The number of pyridine rings is 1. The summed E-state index contributed by atoms with van der Waals surface area (Å²) in [6.07, 6.45) is 2.75. The van der Waals surface area contributed by atoms with Gasteiger partial charge in [0.25, 0.3) is 5.91 Å². The van der Waals surface area contributed by atoms with Gasteiger partial charge in [0.1, 0.15) is 5.69 Å². The van der Waals surface area contributed by atoms with Crippen LogP contribution in [0.25, 0.3) is 0 Å². The van der Waals surface area contributed by atoms with Crippen LogP contribution < -0.4 is 10.6 Å². The van der Waals surface area contributed by atoms with E-state index in [0.717, 1.165) is 5.56 Å². The maximum Gasteiger partial charge on any atom is 0.270 e. The molecule has 0 radical (unpaired) electrons. The number of nitrogens with one attached hydrogen (secondary N) is 2. The summed E-state index contributed by atoms with van der Waals surface area (Å²) in [7, 11) is 0. The Morgan fingerprint density at radius 2 is 2.41 bits per heavy atom. The molecule has 5 heteroatoms. The number of carbonyl (C=O) groups excluding carboxylic acids is 2. The molecule has 0 spiro atoms. The predicted molar refractivity (Wildman–Crippen MR) is 62.5 cm³/mol. The highest BCUT2D eigenvalue weighted by atomic mass is 16.2. The van der Waals surface area contributed by atoms with Gasteiger partial charge in [0.2, 0.25) is 5.91 Å². The van der Waals surface area contributed by atoms with Crippen LogP contribution in [0.1, 0.15) is 28.9 Å². The topological polar surface area (TPSA) is 71.1 Å². The summed E-state index contributed by atoms with van der Waals surface area (Å²) >= 11 is 0. The Morgan fingerprint density at radius 3 is 3.06 bits per heavy atom. The smallest absolute Gasteiger partial charge is 0.270 e. The molecule has 1 unspecified atom stereocenters. The van der Waals surface area contributed by atoms with Gasteiger partial charge in [-0.15, -0.1) is 0 Å². The van der Waals surface area contributed by atoms with Crippen molar-refractivity contribution in [2.75, 3.05) is 6.54 Å². The summed E-state index contributed by atoms with van der Waals surface area (Å²) < 4.78 is 0. The number of carbonyl (C=O) groups is 2. The maximum atomic E-state index is 11.9. The molecule has 5 nitrogen and oxygen atoms in total. The number of rotatable bonds is 2. The summed E-state index contributed by atoms with van der Waals surface area (Å²) in [6, 6.07) is 3.65. The van der Waals surface area contributed by atoms with E-state index in [0.29, 0.717) is 25.1 Å². The first-order valence-electron chi connectivity index (χ1n) is 5.66. The lowest BCUT2D eigenvalue weighted by atomic mass is 10.1. The van der Waals surface area contributed by atoms with Gasteiger partial charge in [-0.25, -0.2) is 0 Å². The van der Waals surface area contributed by atoms with Crippen molar-refractivity contribution in [3.63, 3.8) is 0 Å². The van der Waals surface area contributed by atoms with Crippen LogP contribution >= 0.6 is 0 Å². The molecule has 1 fully saturated rings. The molecule has 2 N–H and O–H groups in total. The van der Waals surface area contributed by atoms with Crippen LogP contribution in [0.2, 0.25) is 0 Å². The summed E-state index contributed by atoms with van der Waals surface area (Å²) in [5.74, 6) is -0.131. The molecule has 1 aliphatic rings. The molecule has 2 amide bonds. The number of nitrogens with zero attached hydrogens (tertiary/aromatic N) is 1. The molecule has 0 aromatic carbocycles. The van der Waals surface area contributed by atoms with Crippen LogP contribution in [-0.4, -0.2) is 29.4 Å². The fourth-order valence-electron chi connectivity index (χ4n) is 1.83. The third-order valence-corrected chi connectivity index (χ3v) is 2.83. The second kappa shape index (κ2) is 4.95. The van der Waals surface area contributed by atoms with E-state index >= 15 is 0 Å². The largest absolute Gasteiger partial charge is 0.354 e. The Balaban J connectivity index is 1.98. The highest BCUT2D eigenvalue weighted by Gasteiger charge is 2.21. The lowest BCUT2D eigenvalue weighted by molar-refractivity contribution is -0.122. The number of piperidine rings is 1. The van der Waals surface area contributed by atoms with Crippen LogP contribution in [0, 0.1) is 6.92 Å². The zero-order valence-corrected chi connectivity index (χ0v) is 9.69. The zero-order valence-electron chi connectivity index (χ0n) is 9.69. The highest BCUT2D eigenvalue weighted by Crippen LogP contribution is 2.06. The molecule has 0 saturated carbocycles. The number of aryl methyl sites for hydroxylation is 1. The third-order valence-electron chi connectivity index (χ3n) is 2.83. The van der Waals surface area contributed by atoms with Gasteiger partial charge in [-0.1, -0.05) is 6.07 Å². The van der Waals surface area contributed by atoms with Crippen LogP contribution in [0.3, 0.4) is 0 Å². The monoisotopic (exact) mass is 233 g/mol. The molecule has 1 aromatic rings. The highest BCUT2D eigenvalue weighted by molar-refractivity contribution is 5.93. The second-order valence-electron chi connectivity index (χ2n) is 4.18. The van der Waals surface area contributed by atoms with Crippen molar-refractivity contribution >= 4 is 11.8 Å². The molecule has 1 saturated heterocycles. The molecule has 0 bridgehead atoms. The first-order chi connectivity index (χ1) is 8.16. The van der Waals surface area contributed by atoms with Crippen molar-refractivity contribution in [3.8, 4) is 0 Å². The van der Waals surface area contributed by atoms with E-state index in [2.05, 4.69) is 15.6 Å². The Kier molecular flexibility index (Phi) is 3.37. The predicted octanol–water partition coefficient (Wildman–Crippen LogP) is 0.398. The molecule has 0 aliphatic carbocycles. The minimum absolute atomic E-state index is 0.00149. The van der Waals surface area contributed by atoms with Crippen molar-refractivity contribution < 1.29 is 9.59 Å². The average Bonchev–Trinajstić information content (AvgIpc) is 2.32. The van der Waals surface area contributed by atoms with Crippen LogP contribution in [0.15, 0.2) is 18.3 Å². The van der Waals surface area contributed by atoms with Gasteiger partial charge in [0, 0.05) is 25.2 Å². The molecule has 2 heterocycles. The van der Waals surface area contributed by atoms with E-state index in [4.69, 9.17) is 0 Å². The fraction of sp³-hybridized carbons (Fsp3) is 0.417. The first-order valence-corrected chi connectivity index (χ1v) is 5.66. The van der Waals surface area contributed by atoms with Crippen LogP contribution in [0.5, 0.6) is 0 Å². The Bertz CT molecular complexity index is 435. The molecule has 1 atom stereocenters. The molecular formula is C12H15N3O2. The lowest BCUT2D eigenvalue weighted by Crippen LogP contribution is -2.48. The molecule has 2 rings (SSSR count). The minimum Gasteiger partial charge on any atom is -0.354 e. The maximum absolute atomic E-state index is 11.9. The van der Waals surface area contributed by atoms with E-state index in [9.17, 15) is 9.59 Å². The number of amides is 2. The van der Waals surface area contributed by atoms with Gasteiger partial charge in [-0.05, 0) is 25.0 Å². The summed E-state index contributed by atoms with van der Waals surface area (Å²) in [5, 5.41) is 5.61. The Hall–Kier alpha value is -1.91. The SMILES string of the molecule is Cc1cccnc1C(=O)NC1CCC(=O)NC1. The normalized spacial score (nSPS) is 19.6. The van der Waals surface area contributed by atoms with Gasteiger partial charge < -0.3 is 10.6 Å². The van der Waals surface area contributed by atoms with E-state index in [1.807, 2.05) is 13.0 Å². The molecule has 90 valence electrons. The van der Waals surface area contributed by atoms with Crippen molar-refractivity contribution in [1.82, 2.24) is 15.6 Å². The zero-order chi connectivity index (χ0) is 12.3. The Morgan fingerprint density at radius 1 is 1.59 bits per heavy atom. The van der Waals surface area contributed by atoms with E-state index in [1.54, 1.807) is 12.3 Å². The summed E-state index contributed by atoms with van der Waals surface area (Å²) in [6.45, 7) is 2.35. The van der Waals surface area contributed by atoms with Crippen molar-refractivity contribution in [2.24, 2.45) is 0 Å². The standard InChI is InChI=1S/C12H15N3O2/c1-8-3-2-6-13-11(8)12(17)15-9-4-5-10(16)14-7-9/h2-3,6,9H,4-5,7H2,1H3,(H,14,16)(H,15,17). The molecule has 17 heavy (non-hydrogen) atoms. The molecular weight excluding hydrogens is 218 g/mol. The first kappa shape index (κ1) is 11.6. The lowest BCUT2D eigenvalue weighted by Gasteiger charge is -2.23. The van der Waals surface area contributed by atoms with Crippen molar-refractivity contribution in [1.29, 1.82) is 0 Å². The minimum atomic E-state index is -0.177. The number of hydrogen-bond donors (Lipinski definition) is 2. The molecule has 1 aromatic heterocycles. The fourth-order valence-corrected chi connectivity index (χ4v) is 1.83. The summed E-state index contributed by atoms with van der Waals surface area (Å²) in [4.78, 5) is 27.0. The van der Waals surface area contributed by atoms with E-state index in [1.165, 1.54) is 0 Å². The Labute approximate surface area is 99.6 Å². The van der Waals surface area contributed by atoms with E-state index < -0.39 is 0 Å². The summed E-state index contributed by atoms with van der Waals surface area (Å²) in [5.41, 5.74) is 1.30. The average molecular weight is 233 g/mol. The van der Waals surface area contributed by atoms with Crippen molar-refractivity contribution in [3.05, 3.63) is 29.6 Å². The van der Waals surface area contributed by atoms with Crippen LogP contribution in [0.4, 0.5) is 0 Å². The quantitative estimate of drug-likeness (QED) is 0.776. The van der Waals surface area contributed by atoms with Gasteiger partial charge >= 0.3 is 0 Å². The number of aromatic nitrogens is 1.